The van der Waals surface area contributed by atoms with E-state index in [9.17, 15) is 9.18 Å². The number of carbonyl (C=O) groups is 1. The fraction of sp³-hybridized carbons (Fsp3) is 0.500. The van der Waals surface area contributed by atoms with Crippen LogP contribution in [0.15, 0.2) is 18.2 Å². The number of ketones is 1. The third-order valence-corrected chi connectivity index (χ3v) is 3.48. The highest BCUT2D eigenvalue weighted by atomic mass is 19.1. The maximum Gasteiger partial charge on any atom is 0.165 e. The average Bonchev–Trinajstić information content (AvgIpc) is 2.27. The minimum Gasteiger partial charge on any atom is -0.494 e. The number of rotatable bonds is 5. The Labute approximate surface area is 106 Å². The van der Waals surface area contributed by atoms with Crippen molar-refractivity contribution >= 4 is 5.78 Å². The SMILES string of the molecule is COc1ccc(C2(CCC(C)=O)COC2)cc1F. The van der Waals surface area contributed by atoms with Gasteiger partial charge in [0.1, 0.15) is 5.78 Å². The van der Waals surface area contributed by atoms with E-state index in [2.05, 4.69) is 0 Å². The highest BCUT2D eigenvalue weighted by molar-refractivity contribution is 5.75. The van der Waals surface area contributed by atoms with Crippen molar-refractivity contribution in [2.75, 3.05) is 20.3 Å². The first kappa shape index (κ1) is 13.0. The van der Waals surface area contributed by atoms with E-state index in [1.165, 1.54) is 13.2 Å². The molecule has 0 spiro atoms. The van der Waals surface area contributed by atoms with E-state index >= 15 is 0 Å². The van der Waals surface area contributed by atoms with Gasteiger partial charge in [-0.3, -0.25) is 0 Å². The lowest BCUT2D eigenvalue weighted by molar-refractivity contribution is -0.119. The molecular formula is C14H17FO3. The van der Waals surface area contributed by atoms with Crippen LogP contribution < -0.4 is 4.74 Å². The zero-order valence-corrected chi connectivity index (χ0v) is 10.7. The third kappa shape index (κ3) is 2.38. The van der Waals surface area contributed by atoms with Gasteiger partial charge in [0, 0.05) is 11.8 Å². The molecule has 1 aromatic rings. The molecule has 0 bridgehead atoms. The first-order chi connectivity index (χ1) is 8.57. The van der Waals surface area contributed by atoms with Gasteiger partial charge < -0.3 is 14.3 Å². The van der Waals surface area contributed by atoms with Crippen LogP contribution in [0.4, 0.5) is 4.39 Å². The van der Waals surface area contributed by atoms with Crippen LogP contribution in [0.2, 0.25) is 0 Å². The molecule has 1 heterocycles. The van der Waals surface area contributed by atoms with E-state index in [1.54, 1.807) is 13.0 Å². The standard InChI is InChI=1S/C14H17FO3/c1-10(16)5-6-14(8-18-9-14)11-3-4-13(17-2)12(15)7-11/h3-4,7H,5-6,8-9H2,1-2H3. The number of halogens is 1. The van der Waals surface area contributed by atoms with E-state index in [0.717, 1.165) is 5.56 Å². The summed E-state index contributed by atoms with van der Waals surface area (Å²) in [5.41, 5.74) is 0.673. The van der Waals surface area contributed by atoms with E-state index in [-0.39, 0.29) is 22.8 Å². The zero-order valence-electron chi connectivity index (χ0n) is 10.7. The van der Waals surface area contributed by atoms with Crippen molar-refractivity contribution in [3.63, 3.8) is 0 Å². The minimum atomic E-state index is -0.371. The smallest absolute Gasteiger partial charge is 0.165 e. The quantitative estimate of drug-likeness (QED) is 0.807. The summed E-state index contributed by atoms with van der Waals surface area (Å²) in [6, 6.07) is 4.96. The maximum absolute atomic E-state index is 13.7. The molecule has 1 aromatic carbocycles. The van der Waals surface area contributed by atoms with Crippen LogP contribution in [-0.4, -0.2) is 26.1 Å². The molecule has 1 aliphatic rings. The second-order valence-electron chi connectivity index (χ2n) is 4.82. The molecule has 0 aromatic heterocycles. The van der Waals surface area contributed by atoms with Crippen LogP contribution in [0.25, 0.3) is 0 Å². The van der Waals surface area contributed by atoms with E-state index < -0.39 is 0 Å². The molecular weight excluding hydrogens is 235 g/mol. The van der Waals surface area contributed by atoms with Crippen molar-refractivity contribution in [2.24, 2.45) is 0 Å². The third-order valence-electron chi connectivity index (χ3n) is 3.48. The van der Waals surface area contributed by atoms with Crippen LogP contribution in [0.1, 0.15) is 25.3 Å². The summed E-state index contributed by atoms with van der Waals surface area (Å²) in [7, 11) is 1.44. The van der Waals surface area contributed by atoms with Gasteiger partial charge in [0.05, 0.1) is 20.3 Å². The highest BCUT2D eigenvalue weighted by Gasteiger charge is 2.40. The fourth-order valence-electron chi connectivity index (χ4n) is 2.22. The van der Waals surface area contributed by atoms with Crippen LogP contribution in [-0.2, 0) is 14.9 Å². The molecule has 1 aliphatic heterocycles. The first-order valence-corrected chi connectivity index (χ1v) is 5.99. The van der Waals surface area contributed by atoms with Crippen LogP contribution in [0.3, 0.4) is 0 Å². The zero-order chi connectivity index (χ0) is 13.2. The minimum absolute atomic E-state index is 0.148. The number of Topliss-reactive ketones (excluding diaryl/α,β-unsaturated/α-hetero) is 1. The summed E-state index contributed by atoms with van der Waals surface area (Å²) in [6.45, 7) is 2.67. The van der Waals surface area contributed by atoms with Gasteiger partial charge in [-0.25, -0.2) is 4.39 Å². The van der Waals surface area contributed by atoms with E-state index in [4.69, 9.17) is 9.47 Å². The van der Waals surface area contributed by atoms with Gasteiger partial charge in [-0.15, -0.1) is 0 Å². The maximum atomic E-state index is 13.7. The predicted octanol–water partition coefficient (Wildman–Crippen LogP) is 2.47. The van der Waals surface area contributed by atoms with Gasteiger partial charge >= 0.3 is 0 Å². The van der Waals surface area contributed by atoms with Crippen molar-refractivity contribution in [1.29, 1.82) is 0 Å². The first-order valence-electron chi connectivity index (χ1n) is 5.99. The van der Waals surface area contributed by atoms with Crippen LogP contribution in [0, 0.1) is 5.82 Å². The summed E-state index contributed by atoms with van der Waals surface area (Å²) in [5.74, 6) is 0.0140. The molecule has 98 valence electrons. The molecule has 18 heavy (non-hydrogen) atoms. The normalized spacial score (nSPS) is 17.1. The topological polar surface area (TPSA) is 35.5 Å². The number of carbonyl (C=O) groups excluding carboxylic acids is 1. The molecule has 0 unspecified atom stereocenters. The fourth-order valence-corrected chi connectivity index (χ4v) is 2.22. The van der Waals surface area contributed by atoms with Gasteiger partial charge in [0.2, 0.25) is 0 Å². The average molecular weight is 252 g/mol. The summed E-state index contributed by atoms with van der Waals surface area (Å²) in [4.78, 5) is 11.1. The number of hydrogen-bond donors (Lipinski definition) is 0. The van der Waals surface area contributed by atoms with Crippen molar-refractivity contribution in [1.82, 2.24) is 0 Å². The molecule has 0 N–H and O–H groups in total. The molecule has 4 heteroatoms. The lowest BCUT2D eigenvalue weighted by Gasteiger charge is -2.42. The Morgan fingerprint density at radius 3 is 2.67 bits per heavy atom. The molecule has 1 fully saturated rings. The summed E-state index contributed by atoms with van der Waals surface area (Å²) < 4.78 is 23.9. The molecule has 0 radical (unpaired) electrons. The van der Waals surface area contributed by atoms with Gasteiger partial charge in [-0.05, 0) is 31.0 Å². The molecule has 1 saturated heterocycles. The van der Waals surface area contributed by atoms with Crippen molar-refractivity contribution in [3.8, 4) is 5.75 Å². The van der Waals surface area contributed by atoms with Crippen LogP contribution in [0.5, 0.6) is 5.75 Å². The Kier molecular flexibility index (Phi) is 3.66. The molecule has 0 aliphatic carbocycles. The molecule has 2 rings (SSSR count). The van der Waals surface area contributed by atoms with Gasteiger partial charge in [0.15, 0.2) is 11.6 Å². The Morgan fingerprint density at radius 2 is 2.22 bits per heavy atom. The molecule has 3 nitrogen and oxygen atoms in total. The van der Waals surface area contributed by atoms with Gasteiger partial charge in [-0.1, -0.05) is 6.07 Å². The Bertz CT molecular complexity index is 452. The van der Waals surface area contributed by atoms with Crippen molar-refractivity contribution in [2.45, 2.75) is 25.2 Å². The second-order valence-corrected chi connectivity index (χ2v) is 4.82. The van der Waals surface area contributed by atoms with Gasteiger partial charge in [0.25, 0.3) is 0 Å². The van der Waals surface area contributed by atoms with E-state index in [0.29, 0.717) is 26.1 Å². The Hall–Kier alpha value is -1.42. The monoisotopic (exact) mass is 252 g/mol. The largest absolute Gasteiger partial charge is 0.494 e. The van der Waals surface area contributed by atoms with E-state index in [1.807, 2.05) is 6.07 Å². The Morgan fingerprint density at radius 1 is 1.50 bits per heavy atom. The molecule has 0 atom stereocenters. The number of ether oxygens (including phenoxy) is 2. The lowest BCUT2D eigenvalue weighted by atomic mass is 9.74. The van der Waals surface area contributed by atoms with Crippen molar-refractivity contribution < 1.29 is 18.7 Å². The Balaban J connectivity index is 2.22. The van der Waals surface area contributed by atoms with Crippen molar-refractivity contribution in [3.05, 3.63) is 29.6 Å². The number of hydrogen-bond acceptors (Lipinski definition) is 3. The summed E-state index contributed by atoms with van der Waals surface area (Å²) in [5, 5.41) is 0. The number of methoxy groups -OCH3 is 1. The van der Waals surface area contributed by atoms with Crippen LogP contribution >= 0.6 is 0 Å². The predicted molar refractivity (Wildman–Crippen MR) is 65.4 cm³/mol. The molecule has 0 saturated carbocycles. The summed E-state index contributed by atoms with van der Waals surface area (Å²) >= 11 is 0. The number of benzene rings is 1. The second kappa shape index (κ2) is 5.06. The van der Waals surface area contributed by atoms with Gasteiger partial charge in [-0.2, -0.15) is 0 Å². The highest BCUT2D eigenvalue weighted by Crippen LogP contribution is 2.38. The summed E-state index contributed by atoms with van der Waals surface area (Å²) in [6.07, 6.45) is 1.20. The lowest BCUT2D eigenvalue weighted by Crippen LogP contribution is -2.47. The molecule has 0 amide bonds.